The molecular weight excluding hydrogens is 306 g/mol. The standard InChI is InChI=1S/C13H19N5O3S/c1-8-12-11(17(3)15-8)6-18(16-12)9(2)13(19)14-10-4-5-22(20,21)7-10/h6,9-10H,4-5,7H2,1-3H3,(H,14,19). The fraction of sp³-hybridized carbons (Fsp3) is 0.615. The second kappa shape index (κ2) is 5.08. The van der Waals surface area contributed by atoms with Gasteiger partial charge in [0.1, 0.15) is 17.1 Å². The molecule has 120 valence electrons. The van der Waals surface area contributed by atoms with E-state index >= 15 is 0 Å². The lowest BCUT2D eigenvalue weighted by atomic mass is 10.2. The van der Waals surface area contributed by atoms with Gasteiger partial charge in [0.15, 0.2) is 9.84 Å². The Morgan fingerprint density at radius 3 is 2.77 bits per heavy atom. The Bertz CT molecular complexity index is 801. The molecule has 3 heterocycles. The number of aryl methyl sites for hydroxylation is 2. The summed E-state index contributed by atoms with van der Waals surface area (Å²) in [5.41, 5.74) is 2.44. The third kappa shape index (κ3) is 2.60. The van der Waals surface area contributed by atoms with Gasteiger partial charge in [0, 0.05) is 13.1 Å². The van der Waals surface area contributed by atoms with Gasteiger partial charge in [0.2, 0.25) is 5.91 Å². The molecule has 1 saturated heterocycles. The highest BCUT2D eigenvalue weighted by molar-refractivity contribution is 7.91. The second-order valence-electron chi connectivity index (χ2n) is 5.84. The molecular formula is C13H19N5O3S. The number of nitrogens with zero attached hydrogens (tertiary/aromatic N) is 4. The Labute approximate surface area is 128 Å². The highest BCUT2D eigenvalue weighted by atomic mass is 32.2. The van der Waals surface area contributed by atoms with Gasteiger partial charge in [-0.1, -0.05) is 0 Å². The quantitative estimate of drug-likeness (QED) is 0.852. The molecule has 2 atom stereocenters. The molecule has 0 aliphatic carbocycles. The van der Waals surface area contributed by atoms with E-state index in [1.807, 2.05) is 14.0 Å². The molecule has 9 heteroatoms. The first kappa shape index (κ1) is 15.0. The van der Waals surface area contributed by atoms with Crippen molar-refractivity contribution < 1.29 is 13.2 Å². The van der Waals surface area contributed by atoms with Crippen molar-refractivity contribution in [1.82, 2.24) is 24.9 Å². The van der Waals surface area contributed by atoms with Gasteiger partial charge in [-0.15, -0.1) is 0 Å². The number of carbonyl (C=O) groups is 1. The summed E-state index contributed by atoms with van der Waals surface area (Å²) in [6.45, 7) is 3.61. The van der Waals surface area contributed by atoms with Crippen molar-refractivity contribution in [1.29, 1.82) is 0 Å². The van der Waals surface area contributed by atoms with Crippen LogP contribution >= 0.6 is 0 Å². The van der Waals surface area contributed by atoms with Crippen LogP contribution in [0.2, 0.25) is 0 Å². The van der Waals surface area contributed by atoms with Crippen LogP contribution < -0.4 is 5.32 Å². The molecule has 2 aromatic heterocycles. The highest BCUT2D eigenvalue weighted by Gasteiger charge is 2.30. The normalized spacial score (nSPS) is 22.0. The molecule has 0 aromatic carbocycles. The van der Waals surface area contributed by atoms with Crippen LogP contribution in [0.25, 0.3) is 11.0 Å². The minimum absolute atomic E-state index is 0.0234. The van der Waals surface area contributed by atoms with Gasteiger partial charge in [0.05, 0.1) is 23.4 Å². The molecule has 22 heavy (non-hydrogen) atoms. The molecule has 0 radical (unpaired) electrons. The van der Waals surface area contributed by atoms with E-state index in [-0.39, 0.29) is 23.5 Å². The zero-order valence-corrected chi connectivity index (χ0v) is 13.6. The molecule has 2 unspecified atom stereocenters. The maximum Gasteiger partial charge on any atom is 0.244 e. The van der Waals surface area contributed by atoms with Crippen LogP contribution in [0.1, 0.15) is 25.1 Å². The summed E-state index contributed by atoms with van der Waals surface area (Å²) in [4.78, 5) is 12.3. The Balaban J connectivity index is 1.76. The molecule has 1 fully saturated rings. The lowest BCUT2D eigenvalue weighted by molar-refractivity contribution is -0.124. The van der Waals surface area contributed by atoms with E-state index < -0.39 is 15.9 Å². The average Bonchev–Trinajstić information content (AvgIpc) is 3.07. The van der Waals surface area contributed by atoms with Crippen molar-refractivity contribution >= 4 is 26.8 Å². The monoisotopic (exact) mass is 325 g/mol. The Morgan fingerprint density at radius 1 is 1.45 bits per heavy atom. The van der Waals surface area contributed by atoms with Gasteiger partial charge in [-0.05, 0) is 20.3 Å². The Morgan fingerprint density at radius 2 is 2.18 bits per heavy atom. The SMILES string of the molecule is Cc1nn(C)c2cn(C(C)C(=O)NC3CCS(=O)(=O)C3)nc12. The summed E-state index contributed by atoms with van der Waals surface area (Å²) in [6, 6.07) is -0.802. The fourth-order valence-corrected chi connectivity index (χ4v) is 4.43. The number of hydrogen-bond acceptors (Lipinski definition) is 5. The van der Waals surface area contributed by atoms with E-state index in [0.717, 1.165) is 16.7 Å². The maximum absolute atomic E-state index is 12.3. The van der Waals surface area contributed by atoms with E-state index in [0.29, 0.717) is 6.42 Å². The van der Waals surface area contributed by atoms with Crippen LogP contribution in [0.3, 0.4) is 0 Å². The zero-order chi connectivity index (χ0) is 16.1. The van der Waals surface area contributed by atoms with Crippen LogP contribution in [0, 0.1) is 6.92 Å². The third-order valence-corrected chi connectivity index (χ3v) is 5.83. The molecule has 1 N–H and O–H groups in total. The number of sulfone groups is 1. The number of aromatic nitrogens is 4. The van der Waals surface area contributed by atoms with Crippen molar-refractivity contribution in [3.8, 4) is 0 Å². The van der Waals surface area contributed by atoms with Crippen LogP contribution in [-0.4, -0.2) is 51.4 Å². The molecule has 8 nitrogen and oxygen atoms in total. The first-order valence-corrected chi connectivity index (χ1v) is 8.98. The first-order chi connectivity index (χ1) is 10.3. The zero-order valence-electron chi connectivity index (χ0n) is 12.8. The van der Waals surface area contributed by atoms with E-state index in [9.17, 15) is 13.2 Å². The molecule has 2 aromatic rings. The van der Waals surface area contributed by atoms with Gasteiger partial charge in [-0.2, -0.15) is 10.2 Å². The number of fused-ring (bicyclic) bond motifs is 1. The van der Waals surface area contributed by atoms with Crippen molar-refractivity contribution in [2.24, 2.45) is 7.05 Å². The number of hydrogen-bond donors (Lipinski definition) is 1. The highest BCUT2D eigenvalue weighted by Crippen LogP contribution is 2.18. The Hall–Kier alpha value is -1.90. The van der Waals surface area contributed by atoms with E-state index in [2.05, 4.69) is 15.5 Å². The van der Waals surface area contributed by atoms with Crippen LogP contribution in [0.5, 0.6) is 0 Å². The second-order valence-corrected chi connectivity index (χ2v) is 8.07. The summed E-state index contributed by atoms with van der Waals surface area (Å²) in [6.07, 6.45) is 2.26. The number of nitrogens with one attached hydrogen (secondary N) is 1. The molecule has 1 aliphatic rings. The summed E-state index contributed by atoms with van der Waals surface area (Å²) in [5, 5.41) is 11.5. The fourth-order valence-electron chi connectivity index (χ4n) is 2.75. The smallest absolute Gasteiger partial charge is 0.244 e. The van der Waals surface area contributed by atoms with Gasteiger partial charge in [0.25, 0.3) is 0 Å². The summed E-state index contributed by atoms with van der Waals surface area (Å²) < 4.78 is 26.2. The summed E-state index contributed by atoms with van der Waals surface area (Å²) in [7, 11) is -1.17. The molecule has 1 amide bonds. The minimum Gasteiger partial charge on any atom is -0.350 e. The van der Waals surface area contributed by atoms with Gasteiger partial charge in [-0.25, -0.2) is 8.42 Å². The van der Waals surface area contributed by atoms with Crippen LogP contribution in [-0.2, 0) is 21.7 Å². The van der Waals surface area contributed by atoms with Crippen LogP contribution in [0.4, 0.5) is 0 Å². The van der Waals surface area contributed by atoms with E-state index in [4.69, 9.17) is 0 Å². The van der Waals surface area contributed by atoms with Crippen molar-refractivity contribution in [3.05, 3.63) is 11.9 Å². The largest absolute Gasteiger partial charge is 0.350 e. The van der Waals surface area contributed by atoms with Crippen molar-refractivity contribution in [2.45, 2.75) is 32.4 Å². The molecule has 3 rings (SSSR count). The summed E-state index contributed by atoms with van der Waals surface area (Å²) in [5.74, 6) is -0.0566. The third-order valence-electron chi connectivity index (χ3n) is 4.06. The predicted octanol–water partition coefficient (Wildman–Crippen LogP) is -0.0575. The number of amides is 1. The van der Waals surface area contributed by atoms with Gasteiger partial charge >= 0.3 is 0 Å². The van der Waals surface area contributed by atoms with Gasteiger partial charge < -0.3 is 5.32 Å². The summed E-state index contributed by atoms with van der Waals surface area (Å²) >= 11 is 0. The van der Waals surface area contributed by atoms with Gasteiger partial charge in [-0.3, -0.25) is 14.2 Å². The molecule has 0 saturated carbocycles. The number of carbonyl (C=O) groups excluding carboxylic acids is 1. The lowest BCUT2D eigenvalue weighted by Gasteiger charge is -2.16. The molecule has 0 spiro atoms. The predicted molar refractivity (Wildman–Crippen MR) is 81.1 cm³/mol. The number of rotatable bonds is 3. The molecule has 0 bridgehead atoms. The van der Waals surface area contributed by atoms with Crippen molar-refractivity contribution in [2.75, 3.05) is 11.5 Å². The Kier molecular flexibility index (Phi) is 3.47. The first-order valence-electron chi connectivity index (χ1n) is 7.16. The van der Waals surface area contributed by atoms with Crippen LogP contribution in [0.15, 0.2) is 6.20 Å². The van der Waals surface area contributed by atoms with E-state index in [1.165, 1.54) is 0 Å². The minimum atomic E-state index is -3.00. The average molecular weight is 325 g/mol. The topological polar surface area (TPSA) is 98.9 Å². The lowest BCUT2D eigenvalue weighted by Crippen LogP contribution is -2.39. The maximum atomic E-state index is 12.3. The van der Waals surface area contributed by atoms with E-state index in [1.54, 1.807) is 22.5 Å². The molecule has 1 aliphatic heterocycles. The van der Waals surface area contributed by atoms with Crippen molar-refractivity contribution in [3.63, 3.8) is 0 Å².